The van der Waals surface area contributed by atoms with Crippen LogP contribution in [0.3, 0.4) is 0 Å². The summed E-state index contributed by atoms with van der Waals surface area (Å²) in [5.41, 5.74) is 4.03. The molecule has 0 bridgehead atoms. The zero-order valence-corrected chi connectivity index (χ0v) is 17.6. The van der Waals surface area contributed by atoms with Crippen molar-refractivity contribution >= 4 is 28.4 Å². The Kier molecular flexibility index (Phi) is 4.46. The van der Waals surface area contributed by atoms with E-state index in [2.05, 4.69) is 30.7 Å². The first-order valence-electron chi connectivity index (χ1n) is 10.1. The molecular formula is C22H23N7O2. The SMILES string of the molecule is CNC(=O)C1(C)CC(Nc2nc(OC)c3c(-c4ccc5nccnc5c4)ccn3n2)C1. The number of methoxy groups -OCH3 is 1. The Labute approximate surface area is 178 Å². The molecule has 1 fully saturated rings. The first kappa shape index (κ1) is 19.2. The van der Waals surface area contributed by atoms with E-state index in [1.165, 1.54) is 0 Å². The second-order valence-electron chi connectivity index (χ2n) is 8.12. The van der Waals surface area contributed by atoms with Crippen LogP contribution >= 0.6 is 0 Å². The fourth-order valence-electron chi connectivity index (χ4n) is 4.36. The van der Waals surface area contributed by atoms with Gasteiger partial charge in [0, 0.05) is 37.2 Å². The number of nitrogens with zero attached hydrogens (tertiary/aromatic N) is 5. The molecule has 1 aliphatic rings. The van der Waals surface area contributed by atoms with Crippen molar-refractivity contribution in [3.63, 3.8) is 0 Å². The molecule has 5 rings (SSSR count). The Bertz CT molecular complexity index is 1290. The highest BCUT2D eigenvalue weighted by atomic mass is 16.5. The Hall–Kier alpha value is -3.75. The summed E-state index contributed by atoms with van der Waals surface area (Å²) < 4.78 is 7.37. The zero-order valence-electron chi connectivity index (χ0n) is 17.6. The minimum absolute atomic E-state index is 0.0645. The van der Waals surface area contributed by atoms with Crippen LogP contribution in [0.5, 0.6) is 5.88 Å². The third kappa shape index (κ3) is 3.22. The number of rotatable bonds is 5. The number of anilines is 1. The summed E-state index contributed by atoms with van der Waals surface area (Å²) in [5.74, 6) is 1.01. The first-order valence-corrected chi connectivity index (χ1v) is 10.1. The molecule has 3 aromatic heterocycles. The van der Waals surface area contributed by atoms with Crippen molar-refractivity contribution < 1.29 is 9.53 Å². The van der Waals surface area contributed by atoms with E-state index in [1.54, 1.807) is 31.1 Å². The predicted octanol–water partition coefficient (Wildman–Crippen LogP) is 2.67. The van der Waals surface area contributed by atoms with Gasteiger partial charge in [0.05, 0.1) is 23.6 Å². The third-order valence-corrected chi connectivity index (χ3v) is 5.96. The molecule has 0 unspecified atom stereocenters. The van der Waals surface area contributed by atoms with Gasteiger partial charge in [-0.1, -0.05) is 13.0 Å². The topological polar surface area (TPSA) is 106 Å². The van der Waals surface area contributed by atoms with Crippen molar-refractivity contribution in [2.75, 3.05) is 19.5 Å². The molecule has 0 atom stereocenters. The molecule has 158 valence electrons. The molecule has 4 aromatic rings. The highest BCUT2D eigenvalue weighted by Gasteiger charge is 2.46. The maximum atomic E-state index is 12.0. The summed E-state index contributed by atoms with van der Waals surface area (Å²) in [7, 11) is 3.27. The average molecular weight is 417 g/mol. The van der Waals surface area contributed by atoms with Gasteiger partial charge in [-0.25, -0.2) is 4.52 Å². The summed E-state index contributed by atoms with van der Waals surface area (Å²) in [6.45, 7) is 1.97. The third-order valence-electron chi connectivity index (χ3n) is 5.96. The summed E-state index contributed by atoms with van der Waals surface area (Å²) in [4.78, 5) is 25.3. The quantitative estimate of drug-likeness (QED) is 0.514. The number of ether oxygens (including phenoxy) is 1. The van der Waals surface area contributed by atoms with Gasteiger partial charge in [-0.15, -0.1) is 5.10 Å². The Balaban J connectivity index is 1.46. The van der Waals surface area contributed by atoms with E-state index in [0.29, 0.717) is 11.8 Å². The van der Waals surface area contributed by atoms with Crippen LogP contribution in [0.15, 0.2) is 42.9 Å². The van der Waals surface area contributed by atoms with Crippen molar-refractivity contribution in [2.45, 2.75) is 25.8 Å². The van der Waals surface area contributed by atoms with E-state index in [0.717, 1.165) is 40.5 Å². The lowest BCUT2D eigenvalue weighted by molar-refractivity contribution is -0.134. The number of carbonyl (C=O) groups excluding carboxylic acids is 1. The van der Waals surface area contributed by atoms with Crippen molar-refractivity contribution in [1.29, 1.82) is 0 Å². The highest BCUT2D eigenvalue weighted by molar-refractivity contribution is 5.89. The Morgan fingerprint density at radius 1 is 1.19 bits per heavy atom. The number of aromatic nitrogens is 5. The lowest BCUT2D eigenvalue weighted by atomic mass is 9.66. The van der Waals surface area contributed by atoms with Gasteiger partial charge >= 0.3 is 0 Å². The number of nitrogens with one attached hydrogen (secondary N) is 2. The normalized spacial score (nSPS) is 20.4. The Morgan fingerprint density at radius 2 is 1.97 bits per heavy atom. The number of amides is 1. The van der Waals surface area contributed by atoms with E-state index >= 15 is 0 Å². The van der Waals surface area contributed by atoms with Gasteiger partial charge in [-0.2, -0.15) is 4.98 Å². The van der Waals surface area contributed by atoms with Crippen LogP contribution in [-0.2, 0) is 4.79 Å². The molecule has 3 heterocycles. The smallest absolute Gasteiger partial charge is 0.244 e. The van der Waals surface area contributed by atoms with Gasteiger partial charge in [-0.05, 0) is 36.6 Å². The zero-order chi connectivity index (χ0) is 21.6. The molecule has 0 saturated heterocycles. The summed E-state index contributed by atoms with van der Waals surface area (Å²) in [5, 5.41) is 10.7. The molecular weight excluding hydrogens is 394 g/mol. The van der Waals surface area contributed by atoms with E-state index in [9.17, 15) is 4.79 Å². The fraction of sp³-hybridized carbons (Fsp3) is 0.318. The van der Waals surface area contributed by atoms with Gasteiger partial charge in [0.1, 0.15) is 5.52 Å². The molecule has 0 radical (unpaired) electrons. The van der Waals surface area contributed by atoms with Crippen LogP contribution in [0.2, 0.25) is 0 Å². The van der Waals surface area contributed by atoms with Gasteiger partial charge in [0.25, 0.3) is 0 Å². The number of hydrogen-bond donors (Lipinski definition) is 2. The van der Waals surface area contributed by atoms with Gasteiger partial charge in [-0.3, -0.25) is 14.8 Å². The number of benzene rings is 1. The summed E-state index contributed by atoms with van der Waals surface area (Å²) in [6.07, 6.45) is 6.70. The molecule has 1 saturated carbocycles. The molecule has 1 aromatic carbocycles. The number of carbonyl (C=O) groups is 1. The van der Waals surface area contributed by atoms with E-state index in [-0.39, 0.29) is 17.4 Å². The summed E-state index contributed by atoms with van der Waals surface area (Å²) in [6, 6.07) is 8.08. The van der Waals surface area contributed by atoms with Crippen LogP contribution < -0.4 is 15.4 Å². The Morgan fingerprint density at radius 3 is 2.71 bits per heavy atom. The van der Waals surface area contributed by atoms with Crippen molar-refractivity contribution in [3.8, 4) is 17.0 Å². The van der Waals surface area contributed by atoms with Crippen molar-refractivity contribution in [1.82, 2.24) is 29.9 Å². The number of hydrogen-bond acceptors (Lipinski definition) is 7. The van der Waals surface area contributed by atoms with E-state index < -0.39 is 0 Å². The predicted molar refractivity (Wildman–Crippen MR) is 117 cm³/mol. The van der Waals surface area contributed by atoms with Crippen LogP contribution in [0.1, 0.15) is 19.8 Å². The number of fused-ring (bicyclic) bond motifs is 2. The molecule has 0 aliphatic heterocycles. The van der Waals surface area contributed by atoms with Gasteiger partial charge < -0.3 is 15.4 Å². The highest BCUT2D eigenvalue weighted by Crippen LogP contribution is 2.42. The monoisotopic (exact) mass is 417 g/mol. The molecule has 31 heavy (non-hydrogen) atoms. The van der Waals surface area contributed by atoms with E-state index in [4.69, 9.17) is 4.74 Å². The molecule has 1 amide bonds. The molecule has 0 spiro atoms. The average Bonchev–Trinajstić information content (AvgIpc) is 3.20. The maximum absolute atomic E-state index is 12.0. The van der Waals surface area contributed by atoms with Gasteiger partial charge in [0.2, 0.25) is 17.7 Å². The van der Waals surface area contributed by atoms with Gasteiger partial charge in [0.15, 0.2) is 0 Å². The van der Waals surface area contributed by atoms with Crippen LogP contribution in [0, 0.1) is 5.41 Å². The summed E-state index contributed by atoms with van der Waals surface area (Å²) >= 11 is 0. The van der Waals surface area contributed by atoms with Crippen molar-refractivity contribution in [3.05, 3.63) is 42.9 Å². The molecule has 9 nitrogen and oxygen atoms in total. The largest absolute Gasteiger partial charge is 0.479 e. The molecule has 9 heteroatoms. The maximum Gasteiger partial charge on any atom is 0.244 e. The van der Waals surface area contributed by atoms with Crippen molar-refractivity contribution in [2.24, 2.45) is 5.41 Å². The molecule has 2 N–H and O–H groups in total. The second kappa shape index (κ2) is 7.19. The first-order chi connectivity index (χ1) is 15.0. The van der Waals surface area contributed by atoms with Crippen LogP contribution in [-0.4, -0.2) is 50.7 Å². The molecule has 1 aliphatic carbocycles. The minimum Gasteiger partial charge on any atom is -0.479 e. The standard InChI is InChI=1S/C22H23N7O2/c1-22(20(30)23-2)11-14(12-22)26-21-27-19(31-3)18-15(6-9-29(18)28-21)13-4-5-16-17(10-13)25-8-7-24-16/h4-10,14H,11-12H2,1-3H3,(H,23,30)(H,26,28). The van der Waals surface area contributed by atoms with Crippen LogP contribution in [0.4, 0.5) is 5.95 Å². The second-order valence-corrected chi connectivity index (χ2v) is 8.12. The minimum atomic E-state index is -0.347. The fourth-order valence-corrected chi connectivity index (χ4v) is 4.36. The lowest BCUT2D eigenvalue weighted by Crippen LogP contribution is -2.51. The van der Waals surface area contributed by atoms with E-state index in [1.807, 2.05) is 37.4 Å². The lowest BCUT2D eigenvalue weighted by Gasteiger charge is -2.43. The van der Waals surface area contributed by atoms with Crippen LogP contribution in [0.25, 0.3) is 27.7 Å².